The molecule has 160 valence electrons. The summed E-state index contributed by atoms with van der Waals surface area (Å²) in [5.41, 5.74) is 3.00. The van der Waals surface area contributed by atoms with Crippen LogP contribution in [0.5, 0.6) is 0 Å². The number of hydrogen-bond donors (Lipinski definition) is 2. The van der Waals surface area contributed by atoms with Crippen LogP contribution >= 0.6 is 11.8 Å². The Kier molecular flexibility index (Phi) is 7.03. The van der Waals surface area contributed by atoms with Crippen molar-refractivity contribution in [3.8, 4) is 5.69 Å². The summed E-state index contributed by atoms with van der Waals surface area (Å²) in [4.78, 5) is 34.7. The summed E-state index contributed by atoms with van der Waals surface area (Å²) in [6.07, 6.45) is 0. The first-order valence-electron chi connectivity index (χ1n) is 9.37. The molecule has 10 heteroatoms. The summed E-state index contributed by atoms with van der Waals surface area (Å²) in [6.45, 7) is 3.72. The number of rotatable bonds is 8. The second-order valence-electron chi connectivity index (χ2n) is 6.81. The fourth-order valence-electron chi connectivity index (χ4n) is 2.84. The van der Waals surface area contributed by atoms with Crippen LogP contribution in [0, 0.1) is 24.0 Å². The van der Waals surface area contributed by atoms with Gasteiger partial charge in [-0.25, -0.2) is 4.68 Å². The van der Waals surface area contributed by atoms with Gasteiger partial charge in [0.1, 0.15) is 5.82 Å². The monoisotopic (exact) mass is 439 g/mol. The molecule has 1 aromatic heterocycles. The van der Waals surface area contributed by atoms with Crippen molar-refractivity contribution in [3.05, 3.63) is 76.0 Å². The van der Waals surface area contributed by atoms with Gasteiger partial charge in [0.25, 0.3) is 5.69 Å². The number of non-ortho nitro benzene ring substituents is 1. The summed E-state index contributed by atoms with van der Waals surface area (Å²) >= 11 is 1.20. The fraction of sp³-hybridized carbons (Fsp3) is 0.190. The Bertz CT molecular complexity index is 1110. The molecule has 2 N–H and O–H groups in total. The van der Waals surface area contributed by atoms with E-state index in [1.807, 2.05) is 31.2 Å². The molecule has 31 heavy (non-hydrogen) atoms. The molecule has 0 aliphatic rings. The molecule has 0 radical (unpaired) electrons. The highest BCUT2D eigenvalue weighted by molar-refractivity contribution is 8.00. The van der Waals surface area contributed by atoms with E-state index in [0.29, 0.717) is 17.2 Å². The maximum atomic E-state index is 12.3. The van der Waals surface area contributed by atoms with E-state index in [1.165, 1.54) is 28.6 Å². The molecule has 0 fully saturated rings. The number of amides is 2. The molecule has 9 nitrogen and oxygen atoms in total. The first kappa shape index (κ1) is 22.0. The third-order valence-corrected chi connectivity index (χ3v) is 5.10. The van der Waals surface area contributed by atoms with Crippen LogP contribution < -0.4 is 10.6 Å². The van der Waals surface area contributed by atoms with Gasteiger partial charge in [0.15, 0.2) is 0 Å². The van der Waals surface area contributed by atoms with Crippen molar-refractivity contribution in [1.82, 2.24) is 9.78 Å². The van der Waals surface area contributed by atoms with Crippen molar-refractivity contribution in [2.24, 2.45) is 0 Å². The van der Waals surface area contributed by atoms with Crippen LogP contribution in [-0.4, -0.2) is 38.0 Å². The van der Waals surface area contributed by atoms with E-state index in [9.17, 15) is 19.7 Å². The Morgan fingerprint density at radius 2 is 1.71 bits per heavy atom. The zero-order chi connectivity index (χ0) is 22.4. The maximum absolute atomic E-state index is 12.3. The van der Waals surface area contributed by atoms with E-state index in [2.05, 4.69) is 15.7 Å². The number of aromatic nitrogens is 2. The molecule has 0 aliphatic heterocycles. The smallest absolute Gasteiger partial charge is 0.269 e. The Balaban J connectivity index is 1.55. The number of nitrogens with zero attached hydrogens (tertiary/aromatic N) is 3. The number of benzene rings is 2. The molecule has 0 unspecified atom stereocenters. The molecular weight excluding hydrogens is 418 g/mol. The van der Waals surface area contributed by atoms with Gasteiger partial charge in [0, 0.05) is 23.9 Å². The van der Waals surface area contributed by atoms with Crippen molar-refractivity contribution < 1.29 is 14.5 Å². The molecule has 2 amide bonds. The van der Waals surface area contributed by atoms with Crippen molar-refractivity contribution >= 4 is 40.8 Å². The lowest BCUT2D eigenvalue weighted by Crippen LogP contribution is -2.19. The van der Waals surface area contributed by atoms with Crippen molar-refractivity contribution in [3.63, 3.8) is 0 Å². The average Bonchev–Trinajstić information content (AvgIpc) is 3.08. The predicted molar refractivity (Wildman–Crippen MR) is 121 cm³/mol. The lowest BCUT2D eigenvalue weighted by Gasteiger charge is -2.09. The fourth-order valence-corrected chi connectivity index (χ4v) is 3.45. The predicted octanol–water partition coefficient (Wildman–Crippen LogP) is 3.71. The minimum Gasteiger partial charge on any atom is -0.325 e. The molecule has 0 bridgehead atoms. The van der Waals surface area contributed by atoms with Crippen molar-refractivity contribution in [2.75, 3.05) is 22.1 Å². The standard InChI is InChI=1S/C21H21N5O4S/c1-14-4-3-5-16(10-14)22-20(27)12-31-13-21(28)23-19-11-15(2)24-25(19)17-6-8-18(9-7-17)26(29)30/h3-11H,12-13H2,1-2H3,(H,22,27)(H,23,28). The van der Waals surface area contributed by atoms with E-state index in [-0.39, 0.29) is 29.0 Å². The quantitative estimate of drug-likeness (QED) is 0.408. The molecular formula is C21H21N5O4S. The maximum Gasteiger partial charge on any atom is 0.269 e. The van der Waals surface area contributed by atoms with Gasteiger partial charge in [-0.3, -0.25) is 19.7 Å². The number of carbonyl (C=O) groups excluding carboxylic acids is 2. The van der Waals surface area contributed by atoms with Crippen LogP contribution in [0.1, 0.15) is 11.3 Å². The Morgan fingerprint density at radius 1 is 1.03 bits per heavy atom. The zero-order valence-electron chi connectivity index (χ0n) is 17.0. The molecule has 0 saturated heterocycles. The highest BCUT2D eigenvalue weighted by Gasteiger charge is 2.13. The Morgan fingerprint density at radius 3 is 2.35 bits per heavy atom. The van der Waals surface area contributed by atoms with Gasteiger partial charge in [-0.1, -0.05) is 12.1 Å². The van der Waals surface area contributed by atoms with Gasteiger partial charge < -0.3 is 10.6 Å². The van der Waals surface area contributed by atoms with Crippen LogP contribution in [0.2, 0.25) is 0 Å². The molecule has 1 heterocycles. The summed E-state index contributed by atoms with van der Waals surface area (Å²) in [5.74, 6) is 0.209. The van der Waals surface area contributed by atoms with E-state index in [4.69, 9.17) is 0 Å². The molecule has 2 aromatic carbocycles. The summed E-state index contributed by atoms with van der Waals surface area (Å²) in [5, 5.41) is 20.7. The summed E-state index contributed by atoms with van der Waals surface area (Å²) < 4.78 is 1.51. The lowest BCUT2D eigenvalue weighted by molar-refractivity contribution is -0.384. The van der Waals surface area contributed by atoms with Gasteiger partial charge in [-0.2, -0.15) is 5.10 Å². The van der Waals surface area contributed by atoms with Crippen LogP contribution in [0.15, 0.2) is 54.6 Å². The first-order valence-corrected chi connectivity index (χ1v) is 10.5. The second-order valence-corrected chi connectivity index (χ2v) is 7.80. The molecule has 0 spiro atoms. The van der Waals surface area contributed by atoms with Crippen LogP contribution in [0.4, 0.5) is 17.2 Å². The van der Waals surface area contributed by atoms with Crippen LogP contribution in [0.3, 0.4) is 0 Å². The second kappa shape index (κ2) is 9.90. The minimum absolute atomic E-state index is 0.0291. The van der Waals surface area contributed by atoms with E-state index >= 15 is 0 Å². The topological polar surface area (TPSA) is 119 Å². The molecule has 3 aromatic rings. The molecule has 3 rings (SSSR count). The first-order chi connectivity index (χ1) is 14.8. The van der Waals surface area contributed by atoms with Crippen molar-refractivity contribution in [1.29, 1.82) is 0 Å². The number of thioether (sulfide) groups is 1. The number of nitro groups is 1. The number of hydrogen-bond acceptors (Lipinski definition) is 6. The number of nitrogens with one attached hydrogen (secondary N) is 2. The van der Waals surface area contributed by atoms with E-state index in [1.54, 1.807) is 25.1 Å². The molecule has 0 aliphatic carbocycles. The summed E-state index contributed by atoms with van der Waals surface area (Å²) in [6, 6.07) is 15.1. The van der Waals surface area contributed by atoms with Crippen LogP contribution in [-0.2, 0) is 9.59 Å². The average molecular weight is 439 g/mol. The number of anilines is 2. The highest BCUT2D eigenvalue weighted by Crippen LogP contribution is 2.20. The lowest BCUT2D eigenvalue weighted by atomic mass is 10.2. The van der Waals surface area contributed by atoms with Gasteiger partial charge in [-0.15, -0.1) is 11.8 Å². The van der Waals surface area contributed by atoms with E-state index in [0.717, 1.165) is 11.3 Å². The molecule has 0 atom stereocenters. The third kappa shape index (κ3) is 6.16. The van der Waals surface area contributed by atoms with Gasteiger partial charge in [-0.05, 0) is 43.7 Å². The Labute approximate surface area is 183 Å². The highest BCUT2D eigenvalue weighted by atomic mass is 32.2. The van der Waals surface area contributed by atoms with Gasteiger partial charge >= 0.3 is 0 Å². The van der Waals surface area contributed by atoms with Gasteiger partial charge in [0.05, 0.1) is 27.8 Å². The Hall–Kier alpha value is -3.66. The van der Waals surface area contributed by atoms with Crippen LogP contribution in [0.25, 0.3) is 5.69 Å². The number of aryl methyl sites for hydroxylation is 2. The van der Waals surface area contributed by atoms with E-state index < -0.39 is 4.92 Å². The van der Waals surface area contributed by atoms with Crippen molar-refractivity contribution in [2.45, 2.75) is 13.8 Å². The summed E-state index contributed by atoms with van der Waals surface area (Å²) in [7, 11) is 0. The largest absolute Gasteiger partial charge is 0.325 e. The normalized spacial score (nSPS) is 10.5. The molecule has 0 saturated carbocycles. The SMILES string of the molecule is Cc1cccc(NC(=O)CSCC(=O)Nc2cc(C)nn2-c2ccc([N+](=O)[O-])cc2)c1. The number of carbonyl (C=O) groups is 2. The third-order valence-electron chi connectivity index (χ3n) is 4.17. The zero-order valence-corrected chi connectivity index (χ0v) is 17.8. The number of nitro benzene ring substituents is 1. The minimum atomic E-state index is -0.479. The van der Waals surface area contributed by atoms with Gasteiger partial charge in [0.2, 0.25) is 11.8 Å².